The minimum absolute atomic E-state index is 0.117. The van der Waals surface area contributed by atoms with Crippen LogP contribution in [-0.2, 0) is 4.74 Å². The summed E-state index contributed by atoms with van der Waals surface area (Å²) in [6.45, 7) is 7.18. The summed E-state index contributed by atoms with van der Waals surface area (Å²) in [6.07, 6.45) is 13.1. The van der Waals surface area contributed by atoms with Gasteiger partial charge in [-0.2, -0.15) is 0 Å². The van der Waals surface area contributed by atoms with Gasteiger partial charge >= 0.3 is 0 Å². The van der Waals surface area contributed by atoms with E-state index in [9.17, 15) is 5.11 Å². The van der Waals surface area contributed by atoms with Crippen LogP contribution in [0, 0.1) is 28.6 Å². The Morgan fingerprint density at radius 3 is 2.75 bits per heavy atom. The van der Waals surface area contributed by atoms with Gasteiger partial charge in [0.25, 0.3) is 0 Å². The molecule has 0 amide bonds. The molecule has 0 aliphatic heterocycles. The Hall–Kier alpha value is -0.600. The van der Waals surface area contributed by atoms with Gasteiger partial charge in [-0.05, 0) is 75.0 Å². The molecule has 0 heterocycles. The van der Waals surface area contributed by atoms with Crippen LogP contribution in [0.4, 0.5) is 0 Å². The first-order valence-corrected chi connectivity index (χ1v) is 10.0. The van der Waals surface area contributed by atoms with Crippen LogP contribution in [0.3, 0.4) is 0 Å². The topological polar surface area (TPSA) is 29.5 Å². The fourth-order valence-corrected chi connectivity index (χ4v) is 7.25. The minimum atomic E-state index is -0.117. The van der Waals surface area contributed by atoms with E-state index < -0.39 is 0 Å². The zero-order valence-corrected chi connectivity index (χ0v) is 15.8. The second-order valence-electron chi connectivity index (χ2n) is 9.25. The Balaban J connectivity index is 1.74. The molecule has 0 bridgehead atoms. The number of methoxy groups -OCH3 is 1. The molecular weight excluding hydrogens is 296 g/mol. The molecule has 0 saturated heterocycles. The highest BCUT2D eigenvalue weighted by Gasteiger charge is 2.60. The molecule has 4 rings (SSSR count). The fourth-order valence-electron chi connectivity index (χ4n) is 7.25. The predicted molar refractivity (Wildman–Crippen MR) is 97.6 cm³/mol. The molecule has 1 N–H and O–H groups in total. The van der Waals surface area contributed by atoms with Crippen LogP contribution in [0.15, 0.2) is 23.3 Å². The first kappa shape index (κ1) is 16.8. The van der Waals surface area contributed by atoms with Gasteiger partial charge in [0.1, 0.15) is 0 Å². The van der Waals surface area contributed by atoms with E-state index in [1.54, 1.807) is 11.1 Å². The van der Waals surface area contributed by atoms with Crippen molar-refractivity contribution in [2.45, 2.75) is 77.9 Å². The van der Waals surface area contributed by atoms with Crippen molar-refractivity contribution < 1.29 is 9.84 Å². The molecule has 0 spiro atoms. The molecule has 134 valence electrons. The van der Waals surface area contributed by atoms with Gasteiger partial charge in [0.05, 0.1) is 12.2 Å². The summed E-state index contributed by atoms with van der Waals surface area (Å²) in [5.74, 6) is 2.28. The average Bonchev–Trinajstić information content (AvgIpc) is 2.92. The average molecular weight is 331 g/mol. The van der Waals surface area contributed by atoms with Crippen LogP contribution < -0.4 is 0 Å². The summed E-state index contributed by atoms with van der Waals surface area (Å²) in [6, 6.07) is 0. The summed E-state index contributed by atoms with van der Waals surface area (Å²) in [7, 11) is 1.92. The lowest BCUT2D eigenvalue weighted by Crippen LogP contribution is -2.55. The SMILES string of the molecule is C/C=C1/CC[C@H]2[C@@H]3CC=C4C[C@@H](O)CC[C@]4(C)[C@H]3C[C@@H](OC)[C@]12C. The first-order chi connectivity index (χ1) is 11.4. The van der Waals surface area contributed by atoms with Crippen LogP contribution in [0.2, 0.25) is 0 Å². The normalized spacial score (nSPS) is 52.5. The third-order valence-corrected chi connectivity index (χ3v) is 8.63. The van der Waals surface area contributed by atoms with Gasteiger partial charge in [0, 0.05) is 12.5 Å². The van der Waals surface area contributed by atoms with Crippen molar-refractivity contribution in [1.29, 1.82) is 0 Å². The largest absolute Gasteiger partial charge is 0.393 e. The van der Waals surface area contributed by atoms with Gasteiger partial charge in [0.2, 0.25) is 0 Å². The molecule has 0 radical (unpaired) electrons. The van der Waals surface area contributed by atoms with E-state index in [2.05, 4.69) is 32.9 Å². The van der Waals surface area contributed by atoms with Gasteiger partial charge in [-0.1, -0.05) is 37.1 Å². The Bertz CT molecular complexity index is 577. The minimum Gasteiger partial charge on any atom is -0.393 e. The second kappa shape index (κ2) is 5.71. The maximum absolute atomic E-state index is 10.1. The Kier molecular flexibility index (Phi) is 4.01. The van der Waals surface area contributed by atoms with E-state index >= 15 is 0 Å². The number of ether oxygens (including phenoxy) is 1. The van der Waals surface area contributed by atoms with Crippen LogP contribution in [0.5, 0.6) is 0 Å². The van der Waals surface area contributed by atoms with E-state index in [-0.39, 0.29) is 11.5 Å². The molecule has 0 aromatic heterocycles. The van der Waals surface area contributed by atoms with Crippen molar-refractivity contribution >= 4 is 0 Å². The van der Waals surface area contributed by atoms with E-state index in [4.69, 9.17) is 4.74 Å². The Morgan fingerprint density at radius 2 is 2.04 bits per heavy atom. The van der Waals surface area contributed by atoms with E-state index in [0.717, 1.165) is 37.0 Å². The molecule has 0 aromatic rings. The van der Waals surface area contributed by atoms with E-state index in [1.165, 1.54) is 25.7 Å². The number of aliphatic hydroxyl groups excluding tert-OH is 1. The molecule has 3 fully saturated rings. The van der Waals surface area contributed by atoms with Crippen molar-refractivity contribution in [2.75, 3.05) is 7.11 Å². The summed E-state index contributed by atoms with van der Waals surface area (Å²) >= 11 is 0. The number of allylic oxidation sites excluding steroid dienone is 2. The van der Waals surface area contributed by atoms with Crippen LogP contribution in [0.1, 0.15) is 65.7 Å². The predicted octanol–water partition coefficient (Wildman–Crippen LogP) is 4.88. The van der Waals surface area contributed by atoms with Crippen molar-refractivity contribution in [2.24, 2.45) is 28.6 Å². The zero-order valence-electron chi connectivity index (χ0n) is 15.8. The highest BCUT2D eigenvalue weighted by Crippen LogP contribution is 2.66. The molecule has 24 heavy (non-hydrogen) atoms. The van der Waals surface area contributed by atoms with Crippen molar-refractivity contribution in [3.05, 3.63) is 23.3 Å². The molecule has 0 unspecified atom stereocenters. The van der Waals surface area contributed by atoms with E-state index in [0.29, 0.717) is 11.5 Å². The number of hydrogen-bond acceptors (Lipinski definition) is 2. The van der Waals surface area contributed by atoms with Crippen molar-refractivity contribution in [3.8, 4) is 0 Å². The highest BCUT2D eigenvalue weighted by molar-refractivity contribution is 5.30. The lowest BCUT2D eigenvalue weighted by molar-refractivity contribution is -0.115. The summed E-state index contributed by atoms with van der Waals surface area (Å²) in [5, 5.41) is 10.1. The van der Waals surface area contributed by atoms with Gasteiger partial charge in [-0.15, -0.1) is 0 Å². The molecule has 4 aliphatic rings. The summed E-state index contributed by atoms with van der Waals surface area (Å²) < 4.78 is 6.13. The number of rotatable bonds is 1. The summed E-state index contributed by atoms with van der Waals surface area (Å²) in [4.78, 5) is 0. The Labute approximate surface area is 147 Å². The first-order valence-electron chi connectivity index (χ1n) is 10.0. The van der Waals surface area contributed by atoms with Crippen LogP contribution in [-0.4, -0.2) is 24.4 Å². The zero-order chi connectivity index (χ0) is 17.1. The van der Waals surface area contributed by atoms with Crippen molar-refractivity contribution in [1.82, 2.24) is 0 Å². The molecule has 3 saturated carbocycles. The van der Waals surface area contributed by atoms with Gasteiger partial charge in [0.15, 0.2) is 0 Å². The van der Waals surface area contributed by atoms with Gasteiger partial charge in [-0.25, -0.2) is 0 Å². The van der Waals surface area contributed by atoms with Gasteiger partial charge < -0.3 is 9.84 Å². The lowest BCUT2D eigenvalue weighted by Gasteiger charge is -2.59. The third-order valence-electron chi connectivity index (χ3n) is 8.63. The standard InChI is InChI=1S/C22H34O2/c1-5-14-7-9-18-17-8-6-15-12-16(23)10-11-21(15,2)19(17)13-20(24-4)22(14,18)3/h5-6,16-20,23H,7-13H2,1-4H3/b14-5-/t16-,17-,18-,19-,20+,21-,22+/m0/s1. The molecule has 0 aromatic carbocycles. The van der Waals surface area contributed by atoms with Crippen LogP contribution >= 0.6 is 0 Å². The quantitative estimate of drug-likeness (QED) is 0.694. The second-order valence-corrected chi connectivity index (χ2v) is 9.25. The lowest BCUT2D eigenvalue weighted by atomic mass is 9.47. The summed E-state index contributed by atoms with van der Waals surface area (Å²) in [5.41, 5.74) is 3.71. The molecule has 2 heteroatoms. The molecular formula is C22H34O2. The van der Waals surface area contributed by atoms with Gasteiger partial charge in [-0.3, -0.25) is 0 Å². The number of fused-ring (bicyclic) bond motifs is 5. The maximum Gasteiger partial charge on any atom is 0.0667 e. The van der Waals surface area contributed by atoms with Crippen molar-refractivity contribution in [3.63, 3.8) is 0 Å². The maximum atomic E-state index is 10.1. The highest BCUT2D eigenvalue weighted by atomic mass is 16.5. The molecule has 7 atom stereocenters. The number of aliphatic hydroxyl groups is 1. The fraction of sp³-hybridized carbons (Fsp3) is 0.818. The van der Waals surface area contributed by atoms with E-state index in [1.807, 2.05) is 7.11 Å². The Morgan fingerprint density at radius 1 is 1.25 bits per heavy atom. The molecule has 2 nitrogen and oxygen atoms in total. The number of hydrogen-bond donors (Lipinski definition) is 1. The third kappa shape index (κ3) is 2.08. The smallest absolute Gasteiger partial charge is 0.0667 e. The molecule has 4 aliphatic carbocycles. The monoisotopic (exact) mass is 330 g/mol. The van der Waals surface area contributed by atoms with Crippen LogP contribution in [0.25, 0.3) is 0 Å².